The van der Waals surface area contributed by atoms with E-state index in [4.69, 9.17) is 15.7 Å². The molecule has 0 unspecified atom stereocenters. The minimum absolute atomic E-state index is 0.279. The molecule has 2 aromatic rings. The molecule has 2 rings (SSSR count). The maximum Gasteiger partial charge on any atom is 0.128 e. The number of nitrogens with two attached hydrogens (primary N) is 1. The van der Waals surface area contributed by atoms with Crippen molar-refractivity contribution in [2.75, 3.05) is 5.73 Å². The molecular weight excluding hydrogens is 292 g/mol. The fourth-order valence-corrected chi connectivity index (χ4v) is 1.93. The average molecular weight is 303 g/mol. The minimum atomic E-state index is 0.279. The first-order valence-corrected chi connectivity index (χ1v) is 6.17. The fraction of sp³-hybridized carbons (Fsp3) is 0.0714. The largest absolute Gasteiger partial charge is 0.457 e. The monoisotopic (exact) mass is 302 g/mol. The number of hydrogen-bond donors (Lipinski definition) is 1. The lowest BCUT2D eigenvalue weighted by molar-refractivity contribution is 0.482. The Morgan fingerprint density at radius 1 is 1.17 bits per heavy atom. The second-order valence-electron chi connectivity index (χ2n) is 3.75. The highest BCUT2D eigenvalue weighted by atomic mass is 79.9. The van der Waals surface area contributed by atoms with Crippen molar-refractivity contribution in [1.29, 1.82) is 5.26 Å². The van der Waals surface area contributed by atoms with Crippen LogP contribution >= 0.6 is 15.9 Å². The maximum atomic E-state index is 8.71. The Morgan fingerprint density at radius 3 is 2.67 bits per heavy atom. The van der Waals surface area contributed by atoms with Gasteiger partial charge in [0.15, 0.2) is 0 Å². The number of nitrogens with zero attached hydrogens (tertiary/aromatic N) is 1. The van der Waals surface area contributed by atoms with Crippen LogP contribution in [0.25, 0.3) is 0 Å². The summed E-state index contributed by atoms with van der Waals surface area (Å²) in [5.74, 6) is 1.41. The first-order valence-electron chi connectivity index (χ1n) is 5.38. The van der Waals surface area contributed by atoms with Crippen LogP contribution in [0.3, 0.4) is 0 Å². The van der Waals surface area contributed by atoms with Crippen LogP contribution in [0.1, 0.15) is 5.56 Å². The number of benzene rings is 2. The molecule has 18 heavy (non-hydrogen) atoms. The summed E-state index contributed by atoms with van der Waals surface area (Å²) in [6, 6.07) is 15.0. The smallest absolute Gasteiger partial charge is 0.128 e. The molecule has 0 aliphatic carbocycles. The van der Waals surface area contributed by atoms with E-state index < -0.39 is 0 Å². The molecule has 0 bridgehead atoms. The van der Waals surface area contributed by atoms with Gasteiger partial charge >= 0.3 is 0 Å². The SMILES string of the molecule is N#CCc1cc(Oc2cccc(Br)c2)ccc1N. The Bertz CT molecular complexity index is 605. The molecule has 0 spiro atoms. The topological polar surface area (TPSA) is 59.0 Å². The number of halogens is 1. The van der Waals surface area contributed by atoms with E-state index in [0.717, 1.165) is 15.8 Å². The van der Waals surface area contributed by atoms with E-state index in [1.165, 1.54) is 0 Å². The Labute approximate surface area is 114 Å². The van der Waals surface area contributed by atoms with Crippen molar-refractivity contribution in [2.24, 2.45) is 0 Å². The summed E-state index contributed by atoms with van der Waals surface area (Å²) in [6.07, 6.45) is 0.279. The second-order valence-corrected chi connectivity index (χ2v) is 4.67. The van der Waals surface area contributed by atoms with E-state index in [9.17, 15) is 0 Å². The summed E-state index contributed by atoms with van der Waals surface area (Å²) in [6.45, 7) is 0. The second kappa shape index (κ2) is 5.56. The summed E-state index contributed by atoms with van der Waals surface area (Å²) < 4.78 is 6.66. The third-order valence-electron chi connectivity index (χ3n) is 2.42. The zero-order chi connectivity index (χ0) is 13.0. The van der Waals surface area contributed by atoms with Gasteiger partial charge in [0.25, 0.3) is 0 Å². The van der Waals surface area contributed by atoms with E-state index in [2.05, 4.69) is 22.0 Å². The van der Waals surface area contributed by atoms with Crippen molar-refractivity contribution in [2.45, 2.75) is 6.42 Å². The standard InChI is InChI=1S/C14H11BrN2O/c15-11-2-1-3-12(9-11)18-13-4-5-14(17)10(8-13)6-7-16/h1-5,8-9H,6,17H2. The van der Waals surface area contributed by atoms with Gasteiger partial charge in [-0.05, 0) is 42.0 Å². The summed E-state index contributed by atoms with van der Waals surface area (Å²) in [5, 5.41) is 8.71. The number of ether oxygens (including phenoxy) is 1. The summed E-state index contributed by atoms with van der Waals surface area (Å²) in [5.41, 5.74) is 7.17. The van der Waals surface area contributed by atoms with Gasteiger partial charge in [-0.3, -0.25) is 0 Å². The molecule has 0 aliphatic heterocycles. The first kappa shape index (κ1) is 12.5. The zero-order valence-electron chi connectivity index (χ0n) is 9.56. The molecule has 0 saturated carbocycles. The zero-order valence-corrected chi connectivity index (χ0v) is 11.1. The van der Waals surface area contributed by atoms with Gasteiger partial charge in [0.05, 0.1) is 12.5 Å². The third-order valence-corrected chi connectivity index (χ3v) is 2.91. The van der Waals surface area contributed by atoms with Crippen molar-refractivity contribution in [1.82, 2.24) is 0 Å². The molecule has 0 aromatic heterocycles. The predicted octanol–water partition coefficient (Wildman–Crippen LogP) is 3.89. The molecule has 0 atom stereocenters. The Kier molecular flexibility index (Phi) is 3.85. The molecule has 90 valence electrons. The lowest BCUT2D eigenvalue weighted by Crippen LogP contribution is -1.94. The van der Waals surface area contributed by atoms with Crippen LogP contribution in [-0.2, 0) is 6.42 Å². The van der Waals surface area contributed by atoms with Gasteiger partial charge in [0.2, 0.25) is 0 Å². The third kappa shape index (κ3) is 3.02. The van der Waals surface area contributed by atoms with Gasteiger partial charge in [0, 0.05) is 10.2 Å². The number of nitriles is 1. The Morgan fingerprint density at radius 2 is 1.94 bits per heavy atom. The molecule has 2 N–H and O–H groups in total. The van der Waals surface area contributed by atoms with E-state index in [1.54, 1.807) is 18.2 Å². The molecule has 4 heteroatoms. The van der Waals surface area contributed by atoms with Crippen molar-refractivity contribution in [3.8, 4) is 17.6 Å². The molecule has 0 fully saturated rings. The summed E-state index contributed by atoms with van der Waals surface area (Å²) in [7, 11) is 0. The van der Waals surface area contributed by atoms with E-state index >= 15 is 0 Å². The van der Waals surface area contributed by atoms with Gasteiger partial charge in [-0.25, -0.2) is 0 Å². The van der Waals surface area contributed by atoms with Gasteiger partial charge in [-0.2, -0.15) is 5.26 Å². The summed E-state index contributed by atoms with van der Waals surface area (Å²) >= 11 is 3.38. The number of rotatable bonds is 3. The number of hydrogen-bond acceptors (Lipinski definition) is 3. The van der Waals surface area contributed by atoms with Crippen LogP contribution in [0.5, 0.6) is 11.5 Å². The first-order chi connectivity index (χ1) is 8.69. The van der Waals surface area contributed by atoms with Crippen LogP contribution in [-0.4, -0.2) is 0 Å². The highest BCUT2D eigenvalue weighted by Gasteiger charge is 2.03. The fourth-order valence-electron chi connectivity index (χ4n) is 1.55. The molecule has 2 aromatic carbocycles. The molecule has 0 saturated heterocycles. The van der Waals surface area contributed by atoms with E-state index in [1.807, 2.05) is 24.3 Å². The molecule has 0 heterocycles. The minimum Gasteiger partial charge on any atom is -0.457 e. The van der Waals surface area contributed by atoms with Crippen LogP contribution in [0.2, 0.25) is 0 Å². The maximum absolute atomic E-state index is 8.71. The molecule has 0 amide bonds. The number of anilines is 1. The van der Waals surface area contributed by atoms with Gasteiger partial charge in [-0.15, -0.1) is 0 Å². The Balaban J connectivity index is 2.24. The van der Waals surface area contributed by atoms with Crippen LogP contribution in [0.15, 0.2) is 46.9 Å². The van der Waals surface area contributed by atoms with Gasteiger partial charge in [0.1, 0.15) is 11.5 Å². The number of nitrogen functional groups attached to an aromatic ring is 1. The molecule has 0 aliphatic rings. The van der Waals surface area contributed by atoms with E-state index in [-0.39, 0.29) is 6.42 Å². The van der Waals surface area contributed by atoms with E-state index in [0.29, 0.717) is 11.4 Å². The highest BCUT2D eigenvalue weighted by Crippen LogP contribution is 2.27. The quantitative estimate of drug-likeness (QED) is 0.875. The molecular formula is C14H11BrN2O. The van der Waals surface area contributed by atoms with Gasteiger partial charge in [-0.1, -0.05) is 22.0 Å². The highest BCUT2D eigenvalue weighted by molar-refractivity contribution is 9.10. The van der Waals surface area contributed by atoms with Crippen molar-refractivity contribution in [3.05, 3.63) is 52.5 Å². The average Bonchev–Trinajstić information content (AvgIpc) is 2.34. The summed E-state index contributed by atoms with van der Waals surface area (Å²) in [4.78, 5) is 0. The van der Waals surface area contributed by atoms with Crippen LogP contribution in [0.4, 0.5) is 5.69 Å². The van der Waals surface area contributed by atoms with Crippen molar-refractivity contribution < 1.29 is 4.74 Å². The van der Waals surface area contributed by atoms with Crippen molar-refractivity contribution >= 4 is 21.6 Å². The lowest BCUT2D eigenvalue weighted by Gasteiger charge is -2.08. The Hall–Kier alpha value is -1.99. The van der Waals surface area contributed by atoms with Crippen LogP contribution < -0.4 is 10.5 Å². The predicted molar refractivity (Wildman–Crippen MR) is 74.4 cm³/mol. The van der Waals surface area contributed by atoms with Crippen molar-refractivity contribution in [3.63, 3.8) is 0 Å². The lowest BCUT2D eigenvalue weighted by atomic mass is 10.1. The normalized spacial score (nSPS) is 9.78. The molecule has 0 radical (unpaired) electrons. The molecule has 3 nitrogen and oxygen atoms in total. The van der Waals surface area contributed by atoms with Gasteiger partial charge < -0.3 is 10.5 Å². The van der Waals surface area contributed by atoms with Crippen LogP contribution in [0, 0.1) is 11.3 Å².